The topological polar surface area (TPSA) is 108 Å². The number of para-hydroxylation sites is 2. The van der Waals surface area contributed by atoms with E-state index >= 15 is 0 Å². The molecule has 1 N–H and O–H groups in total. The number of carbonyl (C=O) groups excluding carboxylic acids is 4. The molecule has 4 rings (SSSR count). The summed E-state index contributed by atoms with van der Waals surface area (Å²) >= 11 is 0.978. The summed E-state index contributed by atoms with van der Waals surface area (Å²) < 4.78 is 11.5. The van der Waals surface area contributed by atoms with Gasteiger partial charge in [-0.1, -0.05) is 23.9 Å². The van der Waals surface area contributed by atoms with E-state index in [1.54, 1.807) is 17.0 Å². The van der Waals surface area contributed by atoms with Crippen LogP contribution in [-0.2, 0) is 14.4 Å². The predicted octanol–water partition coefficient (Wildman–Crippen LogP) is 0.171. The molecule has 0 spiro atoms. The van der Waals surface area contributed by atoms with Crippen molar-refractivity contribution in [3.63, 3.8) is 0 Å². The maximum absolute atomic E-state index is 12.9. The van der Waals surface area contributed by atoms with Gasteiger partial charge in [0.05, 0.1) is 11.8 Å². The number of nitrogens with one attached hydrogen (secondary N) is 1. The fourth-order valence-electron chi connectivity index (χ4n) is 3.88. The van der Waals surface area contributed by atoms with Gasteiger partial charge in [-0.2, -0.15) is 0 Å². The Bertz CT molecular complexity index is 888. The van der Waals surface area contributed by atoms with E-state index in [1.807, 2.05) is 24.0 Å². The smallest absolute Gasteiger partial charge is 0.288 e. The Morgan fingerprint density at radius 3 is 2.56 bits per heavy atom. The van der Waals surface area contributed by atoms with E-state index in [1.165, 1.54) is 0 Å². The van der Waals surface area contributed by atoms with Crippen molar-refractivity contribution in [2.45, 2.75) is 19.1 Å². The Labute approximate surface area is 190 Å². The molecule has 0 bridgehead atoms. The van der Waals surface area contributed by atoms with Gasteiger partial charge in [0.1, 0.15) is 6.61 Å². The van der Waals surface area contributed by atoms with Crippen LogP contribution in [0.4, 0.5) is 4.79 Å². The van der Waals surface area contributed by atoms with Crippen LogP contribution in [-0.4, -0.2) is 101 Å². The maximum Gasteiger partial charge on any atom is 0.288 e. The summed E-state index contributed by atoms with van der Waals surface area (Å²) in [6.45, 7) is 4.49. The van der Waals surface area contributed by atoms with E-state index in [0.717, 1.165) is 16.7 Å². The van der Waals surface area contributed by atoms with Crippen molar-refractivity contribution in [2.24, 2.45) is 0 Å². The number of piperazine rings is 1. The molecular formula is C21H26N4O6S. The molecule has 3 aliphatic rings. The van der Waals surface area contributed by atoms with Crippen LogP contribution < -0.4 is 14.8 Å². The standard InChI is InChI=1S/C21H26N4O6S/c1-14(19(27)22-6-7-25-18(26)13-32-21(25)29)23-8-10-24(11-9-23)20(28)17-12-30-15-4-2-3-5-16(15)31-17/h2-5,14,17H,6-13H2,1H3,(H,22,27)/t14-,17-/m1/s1. The maximum atomic E-state index is 12.9. The van der Waals surface area contributed by atoms with Gasteiger partial charge in [0.25, 0.3) is 11.1 Å². The summed E-state index contributed by atoms with van der Waals surface area (Å²) in [6, 6.07) is 6.89. The van der Waals surface area contributed by atoms with Crippen molar-refractivity contribution in [3.05, 3.63) is 24.3 Å². The van der Waals surface area contributed by atoms with E-state index in [9.17, 15) is 19.2 Å². The van der Waals surface area contributed by atoms with Crippen LogP contribution >= 0.6 is 11.8 Å². The molecule has 32 heavy (non-hydrogen) atoms. The van der Waals surface area contributed by atoms with E-state index < -0.39 is 6.10 Å². The van der Waals surface area contributed by atoms with Crippen LogP contribution in [0, 0.1) is 0 Å². The lowest BCUT2D eigenvalue weighted by atomic mass is 10.2. The van der Waals surface area contributed by atoms with Crippen LogP contribution in [0.25, 0.3) is 0 Å². The second kappa shape index (κ2) is 9.78. The molecule has 3 heterocycles. The zero-order valence-electron chi connectivity index (χ0n) is 17.8. The number of amides is 4. The number of ether oxygens (including phenoxy) is 2. The summed E-state index contributed by atoms with van der Waals surface area (Å²) in [6.07, 6.45) is -0.675. The zero-order valence-corrected chi connectivity index (χ0v) is 18.6. The third-order valence-corrected chi connectivity index (χ3v) is 6.67. The quantitative estimate of drug-likeness (QED) is 0.638. The number of benzene rings is 1. The first-order valence-corrected chi connectivity index (χ1v) is 11.6. The number of hydrogen-bond acceptors (Lipinski definition) is 8. The molecule has 3 aliphatic heterocycles. The van der Waals surface area contributed by atoms with E-state index in [-0.39, 0.29) is 54.5 Å². The van der Waals surface area contributed by atoms with Gasteiger partial charge in [-0.3, -0.25) is 29.0 Å². The van der Waals surface area contributed by atoms with Crippen LogP contribution in [0.1, 0.15) is 6.92 Å². The monoisotopic (exact) mass is 462 g/mol. The largest absolute Gasteiger partial charge is 0.485 e. The molecule has 0 aromatic heterocycles. The fourth-order valence-corrected chi connectivity index (χ4v) is 4.63. The van der Waals surface area contributed by atoms with E-state index in [0.29, 0.717) is 37.7 Å². The average molecular weight is 463 g/mol. The first-order valence-electron chi connectivity index (χ1n) is 10.6. The molecule has 4 amide bonds. The lowest BCUT2D eigenvalue weighted by Gasteiger charge is -2.39. The van der Waals surface area contributed by atoms with E-state index in [2.05, 4.69) is 5.32 Å². The van der Waals surface area contributed by atoms with Crippen molar-refractivity contribution in [1.29, 1.82) is 0 Å². The Kier molecular flexibility index (Phi) is 6.85. The van der Waals surface area contributed by atoms with Crippen LogP contribution in [0.3, 0.4) is 0 Å². The number of carbonyl (C=O) groups is 4. The van der Waals surface area contributed by atoms with Gasteiger partial charge in [0.2, 0.25) is 17.9 Å². The van der Waals surface area contributed by atoms with Crippen molar-refractivity contribution in [2.75, 3.05) is 51.6 Å². The van der Waals surface area contributed by atoms with Gasteiger partial charge in [0.15, 0.2) is 11.5 Å². The summed E-state index contributed by atoms with van der Waals surface area (Å²) in [5.41, 5.74) is 0. The van der Waals surface area contributed by atoms with Crippen LogP contribution in [0.2, 0.25) is 0 Å². The highest BCUT2D eigenvalue weighted by atomic mass is 32.2. The lowest BCUT2D eigenvalue weighted by Crippen LogP contribution is -2.57. The van der Waals surface area contributed by atoms with Crippen molar-refractivity contribution < 1.29 is 28.7 Å². The Morgan fingerprint density at radius 2 is 1.88 bits per heavy atom. The lowest BCUT2D eigenvalue weighted by molar-refractivity contribution is -0.143. The molecule has 0 unspecified atom stereocenters. The van der Waals surface area contributed by atoms with Crippen LogP contribution in [0.15, 0.2) is 24.3 Å². The number of thioether (sulfide) groups is 1. The van der Waals surface area contributed by atoms with E-state index in [4.69, 9.17) is 9.47 Å². The van der Waals surface area contributed by atoms with Crippen molar-refractivity contribution in [3.8, 4) is 11.5 Å². The number of hydrogen-bond donors (Lipinski definition) is 1. The molecule has 1 aromatic rings. The third-order valence-electron chi connectivity index (χ3n) is 5.81. The summed E-state index contributed by atoms with van der Waals surface area (Å²) in [7, 11) is 0. The Balaban J connectivity index is 1.21. The zero-order chi connectivity index (χ0) is 22.7. The number of fused-ring (bicyclic) bond motifs is 1. The minimum Gasteiger partial charge on any atom is -0.485 e. The van der Waals surface area contributed by atoms with Crippen LogP contribution in [0.5, 0.6) is 11.5 Å². The van der Waals surface area contributed by atoms with Crippen molar-refractivity contribution in [1.82, 2.24) is 20.0 Å². The highest BCUT2D eigenvalue weighted by Gasteiger charge is 2.34. The molecule has 2 saturated heterocycles. The SMILES string of the molecule is C[C@H](C(=O)NCCN1C(=O)CSC1=O)N1CCN(C(=O)[C@H]2COc3ccccc3O2)CC1. The predicted molar refractivity (Wildman–Crippen MR) is 117 cm³/mol. The molecule has 2 atom stereocenters. The van der Waals surface area contributed by atoms with Gasteiger partial charge in [-0.05, 0) is 19.1 Å². The number of rotatable bonds is 6. The Hall–Kier alpha value is -2.79. The van der Waals surface area contributed by atoms with Gasteiger partial charge in [0, 0.05) is 39.3 Å². The first-order chi connectivity index (χ1) is 15.4. The molecule has 0 aliphatic carbocycles. The Morgan fingerprint density at radius 1 is 1.16 bits per heavy atom. The normalized spacial score (nSPS) is 22.1. The van der Waals surface area contributed by atoms with Gasteiger partial charge >= 0.3 is 0 Å². The average Bonchev–Trinajstić information content (AvgIpc) is 3.15. The number of nitrogens with zero attached hydrogens (tertiary/aromatic N) is 3. The minimum atomic E-state index is -0.675. The van der Waals surface area contributed by atoms with Crippen molar-refractivity contribution >= 4 is 34.7 Å². The second-order valence-electron chi connectivity index (χ2n) is 7.79. The van der Waals surface area contributed by atoms with Gasteiger partial charge in [-0.15, -0.1) is 0 Å². The fraction of sp³-hybridized carbons (Fsp3) is 0.524. The number of imide groups is 1. The first kappa shape index (κ1) is 22.4. The summed E-state index contributed by atoms with van der Waals surface area (Å²) in [5, 5.41) is 2.52. The third kappa shape index (κ3) is 4.83. The second-order valence-corrected chi connectivity index (χ2v) is 8.72. The molecule has 0 saturated carbocycles. The highest BCUT2D eigenvalue weighted by molar-refractivity contribution is 8.14. The molecule has 2 fully saturated rings. The molecule has 11 heteroatoms. The summed E-state index contributed by atoms with van der Waals surface area (Å²) in [4.78, 5) is 53.5. The molecule has 172 valence electrons. The highest BCUT2D eigenvalue weighted by Crippen LogP contribution is 2.31. The molecule has 0 radical (unpaired) electrons. The molecule has 10 nitrogen and oxygen atoms in total. The minimum absolute atomic E-state index is 0.117. The summed E-state index contributed by atoms with van der Waals surface area (Å²) in [5.74, 6) is 0.858. The molecular weight excluding hydrogens is 436 g/mol. The molecule has 1 aromatic carbocycles. The van der Waals surface area contributed by atoms with Gasteiger partial charge in [-0.25, -0.2) is 0 Å². The van der Waals surface area contributed by atoms with Gasteiger partial charge < -0.3 is 19.7 Å².